The number of hydrogen-bond donors (Lipinski definition) is 0. The topological polar surface area (TPSA) is 64.3 Å². The second-order valence-corrected chi connectivity index (χ2v) is 8.39. The first-order valence-corrected chi connectivity index (χ1v) is 11.0. The van der Waals surface area contributed by atoms with E-state index < -0.39 is 5.69 Å². The molecule has 0 radical (unpaired) electrons. The van der Waals surface area contributed by atoms with Crippen LogP contribution in [0.25, 0.3) is 15.9 Å². The first-order valence-electron chi connectivity index (χ1n) is 10.2. The van der Waals surface area contributed by atoms with Crippen molar-refractivity contribution < 1.29 is 4.79 Å². The quantitative estimate of drug-likeness (QED) is 0.648. The normalized spacial score (nSPS) is 13.4. The van der Waals surface area contributed by atoms with E-state index >= 15 is 0 Å². The average molecular weight is 412 g/mol. The van der Waals surface area contributed by atoms with E-state index in [0.717, 1.165) is 31.2 Å². The van der Waals surface area contributed by atoms with Crippen molar-refractivity contribution in [2.45, 2.75) is 46.1 Å². The number of carbonyl (C=O) groups excluding carboxylic acids is 1. The van der Waals surface area contributed by atoms with Gasteiger partial charge in [0.25, 0.3) is 5.56 Å². The lowest BCUT2D eigenvalue weighted by Crippen LogP contribution is -2.42. The highest BCUT2D eigenvalue weighted by Crippen LogP contribution is 2.34. The number of benzene rings is 1. The number of fused-ring (bicyclic) bond motifs is 3. The van der Waals surface area contributed by atoms with Gasteiger partial charge in [-0.1, -0.05) is 18.2 Å². The maximum absolute atomic E-state index is 13.4. The van der Waals surface area contributed by atoms with Crippen LogP contribution in [0.3, 0.4) is 0 Å². The average Bonchev–Trinajstić information content (AvgIpc) is 3.12. The fraction of sp³-hybridized carbons (Fsp3) is 0.409. The van der Waals surface area contributed by atoms with Crippen LogP contribution < -0.4 is 11.2 Å². The Labute approximate surface area is 173 Å². The summed E-state index contributed by atoms with van der Waals surface area (Å²) in [6, 6.07) is 8.97. The van der Waals surface area contributed by atoms with E-state index in [0.29, 0.717) is 29.0 Å². The minimum absolute atomic E-state index is 0.0521. The summed E-state index contributed by atoms with van der Waals surface area (Å²) in [7, 11) is 0. The van der Waals surface area contributed by atoms with Crippen LogP contribution in [0.5, 0.6) is 0 Å². The first kappa shape index (κ1) is 19.6. The molecule has 1 aliphatic rings. The first-order chi connectivity index (χ1) is 14.1. The number of rotatable bonds is 5. The summed E-state index contributed by atoms with van der Waals surface area (Å²) in [5, 5.41) is 0.612. The Morgan fingerprint density at radius 2 is 1.76 bits per heavy atom. The lowest BCUT2D eigenvalue weighted by molar-refractivity contribution is -0.131. The third-order valence-electron chi connectivity index (χ3n) is 5.66. The van der Waals surface area contributed by atoms with Crippen molar-refractivity contribution in [3.8, 4) is 5.69 Å². The highest BCUT2D eigenvalue weighted by molar-refractivity contribution is 7.18. The molecular weight excluding hydrogens is 386 g/mol. The summed E-state index contributed by atoms with van der Waals surface area (Å²) in [6.45, 7) is 4.98. The number of carbonyl (C=O) groups is 1. The van der Waals surface area contributed by atoms with Crippen molar-refractivity contribution in [1.29, 1.82) is 0 Å². The zero-order valence-corrected chi connectivity index (χ0v) is 17.6. The van der Waals surface area contributed by atoms with E-state index in [4.69, 9.17) is 0 Å². The Morgan fingerprint density at radius 3 is 2.45 bits per heavy atom. The van der Waals surface area contributed by atoms with Gasteiger partial charge in [-0.25, -0.2) is 9.36 Å². The summed E-state index contributed by atoms with van der Waals surface area (Å²) >= 11 is 1.51. The van der Waals surface area contributed by atoms with E-state index in [1.807, 2.05) is 19.9 Å². The fourth-order valence-electron chi connectivity index (χ4n) is 4.12. The highest BCUT2D eigenvalue weighted by atomic mass is 32.1. The predicted octanol–water partition coefficient (Wildman–Crippen LogP) is 2.96. The van der Waals surface area contributed by atoms with Gasteiger partial charge < -0.3 is 4.90 Å². The minimum atomic E-state index is -0.451. The van der Waals surface area contributed by atoms with Crippen LogP contribution in [0.2, 0.25) is 0 Å². The molecule has 0 saturated heterocycles. The van der Waals surface area contributed by atoms with E-state index in [-0.39, 0.29) is 18.0 Å². The lowest BCUT2D eigenvalue weighted by Gasteiger charge is -2.20. The van der Waals surface area contributed by atoms with Gasteiger partial charge in [0, 0.05) is 18.0 Å². The zero-order valence-electron chi connectivity index (χ0n) is 16.8. The number of thiophene rings is 1. The number of likely N-dealkylation sites (N-methyl/N-ethyl adjacent to an activating group) is 1. The molecule has 4 rings (SSSR count). The number of hydrogen-bond acceptors (Lipinski definition) is 4. The summed E-state index contributed by atoms with van der Waals surface area (Å²) in [6.07, 6.45) is 3.91. The van der Waals surface area contributed by atoms with E-state index in [1.165, 1.54) is 25.3 Å². The molecule has 1 aliphatic carbocycles. The van der Waals surface area contributed by atoms with Gasteiger partial charge in [-0.3, -0.25) is 14.2 Å². The molecule has 0 N–H and O–H groups in total. The minimum Gasteiger partial charge on any atom is -0.342 e. The van der Waals surface area contributed by atoms with Crippen molar-refractivity contribution in [3.05, 3.63) is 61.6 Å². The molecule has 6 nitrogen and oxygen atoms in total. The standard InChI is InChI=1S/C22H25N3O3S/c1-3-23(4-2)18(26)14-24-21-19(16-12-8-9-13-17(16)29-21)20(27)25(22(24)28)15-10-6-5-7-11-15/h5-7,10-11H,3-4,8-9,12-14H2,1-2H3. The maximum atomic E-state index is 13.4. The summed E-state index contributed by atoms with van der Waals surface area (Å²) < 4.78 is 2.73. The van der Waals surface area contributed by atoms with E-state index in [1.54, 1.807) is 29.2 Å². The van der Waals surface area contributed by atoms with Crippen molar-refractivity contribution in [3.63, 3.8) is 0 Å². The molecule has 2 aromatic heterocycles. The number of para-hydroxylation sites is 1. The number of aromatic nitrogens is 2. The van der Waals surface area contributed by atoms with Crippen LogP contribution in [0, 0.1) is 0 Å². The van der Waals surface area contributed by atoms with Gasteiger partial charge in [-0.15, -0.1) is 11.3 Å². The van der Waals surface area contributed by atoms with Gasteiger partial charge in [0.2, 0.25) is 5.91 Å². The van der Waals surface area contributed by atoms with Crippen molar-refractivity contribution in [2.75, 3.05) is 13.1 Å². The molecule has 0 bridgehead atoms. The third kappa shape index (κ3) is 3.33. The van der Waals surface area contributed by atoms with Crippen LogP contribution in [0.1, 0.15) is 37.1 Å². The van der Waals surface area contributed by atoms with Crippen LogP contribution in [-0.4, -0.2) is 33.0 Å². The highest BCUT2D eigenvalue weighted by Gasteiger charge is 2.25. The zero-order chi connectivity index (χ0) is 20.5. The molecule has 0 fully saturated rings. The summed E-state index contributed by atoms with van der Waals surface area (Å²) in [5.74, 6) is -0.108. The van der Waals surface area contributed by atoms with Gasteiger partial charge >= 0.3 is 5.69 Å². The molecule has 0 spiro atoms. The smallest absolute Gasteiger partial charge is 0.337 e. The van der Waals surface area contributed by atoms with Crippen molar-refractivity contribution in [2.24, 2.45) is 0 Å². The Kier molecular flexibility index (Phi) is 5.41. The monoisotopic (exact) mass is 411 g/mol. The van der Waals surface area contributed by atoms with Crippen molar-refractivity contribution >= 4 is 27.5 Å². The molecule has 2 heterocycles. The van der Waals surface area contributed by atoms with Crippen LogP contribution in [0.4, 0.5) is 0 Å². The molecular formula is C22H25N3O3S. The Hall–Kier alpha value is -2.67. The molecule has 0 aliphatic heterocycles. The number of amides is 1. The molecule has 0 unspecified atom stereocenters. The van der Waals surface area contributed by atoms with Crippen LogP contribution in [0.15, 0.2) is 39.9 Å². The second-order valence-electron chi connectivity index (χ2n) is 7.30. The van der Waals surface area contributed by atoms with Crippen LogP contribution in [-0.2, 0) is 24.2 Å². The molecule has 0 atom stereocenters. The molecule has 7 heteroatoms. The van der Waals surface area contributed by atoms with Gasteiger partial charge in [0.05, 0.1) is 11.1 Å². The molecule has 29 heavy (non-hydrogen) atoms. The molecule has 0 saturated carbocycles. The maximum Gasteiger partial charge on any atom is 0.337 e. The second kappa shape index (κ2) is 7.99. The number of nitrogens with zero attached hydrogens (tertiary/aromatic N) is 3. The van der Waals surface area contributed by atoms with Crippen LogP contribution >= 0.6 is 11.3 Å². The molecule has 1 amide bonds. The van der Waals surface area contributed by atoms with Gasteiger partial charge in [-0.05, 0) is 57.2 Å². The summed E-state index contributed by atoms with van der Waals surface area (Å²) in [5.41, 5.74) is 0.870. The lowest BCUT2D eigenvalue weighted by atomic mass is 9.97. The number of aryl methyl sites for hydroxylation is 2. The summed E-state index contributed by atoms with van der Waals surface area (Å²) in [4.78, 5) is 43.2. The van der Waals surface area contributed by atoms with Gasteiger partial charge in [0.1, 0.15) is 11.4 Å². The Balaban J connectivity index is 2.01. The molecule has 152 valence electrons. The van der Waals surface area contributed by atoms with Gasteiger partial charge in [-0.2, -0.15) is 0 Å². The van der Waals surface area contributed by atoms with E-state index in [9.17, 15) is 14.4 Å². The Bertz CT molecular complexity index is 1170. The Morgan fingerprint density at radius 1 is 1.07 bits per heavy atom. The predicted molar refractivity (Wildman–Crippen MR) is 116 cm³/mol. The van der Waals surface area contributed by atoms with Gasteiger partial charge in [0.15, 0.2) is 0 Å². The fourth-order valence-corrected chi connectivity index (χ4v) is 5.50. The van der Waals surface area contributed by atoms with E-state index in [2.05, 4.69) is 0 Å². The largest absolute Gasteiger partial charge is 0.342 e. The van der Waals surface area contributed by atoms with Crippen molar-refractivity contribution in [1.82, 2.24) is 14.0 Å². The SMILES string of the molecule is CCN(CC)C(=O)Cn1c(=O)n(-c2ccccc2)c(=O)c2c3c(sc21)CCCC3. The molecule has 1 aromatic carbocycles. The third-order valence-corrected chi connectivity index (χ3v) is 6.98. The molecule has 3 aromatic rings.